The molecule has 5 nitrogen and oxygen atoms in total. The van der Waals surface area contributed by atoms with E-state index in [1.165, 1.54) is 13.2 Å². The lowest BCUT2D eigenvalue weighted by Crippen LogP contribution is -2.31. The van der Waals surface area contributed by atoms with E-state index in [0.717, 1.165) is 30.4 Å². The Kier molecular flexibility index (Phi) is 6.45. The van der Waals surface area contributed by atoms with Crippen LogP contribution < -0.4 is 15.2 Å². The normalized spacial score (nSPS) is 16.5. The standard InChI is InChI=1S/C18H21ClN2O3S.ClH/c1-11-8-17(24-2)15(19)10-18(11)25(22,23)21-16-5-3-4-12-9-13(20)6-7-14(12)16;/h6-10,16,21H,3-5,20H2,1-2H3;1H. The van der Waals surface area contributed by atoms with Crippen LogP contribution in [0.15, 0.2) is 35.2 Å². The first-order valence-corrected chi connectivity index (χ1v) is 9.92. The van der Waals surface area contributed by atoms with Crippen molar-refractivity contribution in [3.63, 3.8) is 0 Å². The third kappa shape index (κ3) is 4.09. The minimum absolute atomic E-state index is 0. The molecule has 1 aliphatic rings. The predicted molar refractivity (Wildman–Crippen MR) is 107 cm³/mol. The van der Waals surface area contributed by atoms with E-state index in [4.69, 9.17) is 22.1 Å². The van der Waals surface area contributed by atoms with Crippen LogP contribution in [-0.2, 0) is 16.4 Å². The molecule has 26 heavy (non-hydrogen) atoms. The van der Waals surface area contributed by atoms with Gasteiger partial charge in [-0.2, -0.15) is 0 Å². The summed E-state index contributed by atoms with van der Waals surface area (Å²) in [6.07, 6.45) is 2.57. The van der Waals surface area contributed by atoms with E-state index in [1.807, 2.05) is 12.1 Å². The fraction of sp³-hybridized carbons (Fsp3) is 0.333. The fourth-order valence-electron chi connectivity index (χ4n) is 3.29. The Morgan fingerprint density at radius 1 is 1.27 bits per heavy atom. The van der Waals surface area contributed by atoms with Gasteiger partial charge in [0.25, 0.3) is 0 Å². The van der Waals surface area contributed by atoms with Gasteiger partial charge in [0, 0.05) is 11.7 Å². The summed E-state index contributed by atoms with van der Waals surface area (Å²) < 4.78 is 33.8. The Hall–Kier alpha value is -1.47. The molecule has 0 amide bonds. The van der Waals surface area contributed by atoms with Crippen molar-refractivity contribution in [2.24, 2.45) is 0 Å². The molecule has 0 saturated heterocycles. The highest BCUT2D eigenvalue weighted by molar-refractivity contribution is 7.89. The van der Waals surface area contributed by atoms with Gasteiger partial charge in [0.15, 0.2) is 0 Å². The number of nitrogens with one attached hydrogen (secondary N) is 1. The van der Waals surface area contributed by atoms with E-state index >= 15 is 0 Å². The second kappa shape index (κ2) is 8.05. The zero-order chi connectivity index (χ0) is 18.2. The SMILES string of the molecule is COc1cc(C)c(S(=O)(=O)NC2CCCc3cc(N)ccc32)cc1Cl.Cl. The van der Waals surface area contributed by atoms with Gasteiger partial charge in [0.05, 0.1) is 17.0 Å². The van der Waals surface area contributed by atoms with Gasteiger partial charge in [-0.25, -0.2) is 13.1 Å². The third-order valence-corrected chi connectivity index (χ3v) is 6.43. The van der Waals surface area contributed by atoms with Gasteiger partial charge in [-0.05, 0) is 67.1 Å². The predicted octanol–water partition coefficient (Wildman–Crippen LogP) is 4.02. The second-order valence-electron chi connectivity index (χ2n) is 6.28. The summed E-state index contributed by atoms with van der Waals surface area (Å²) in [6, 6.07) is 8.43. The highest BCUT2D eigenvalue weighted by Crippen LogP contribution is 2.34. The number of nitrogen functional groups attached to an aromatic ring is 1. The molecule has 1 aliphatic carbocycles. The van der Waals surface area contributed by atoms with Crippen molar-refractivity contribution in [1.82, 2.24) is 4.72 Å². The number of hydrogen-bond donors (Lipinski definition) is 2. The molecule has 1 atom stereocenters. The van der Waals surface area contributed by atoms with Crippen molar-refractivity contribution in [3.05, 3.63) is 52.0 Å². The zero-order valence-electron chi connectivity index (χ0n) is 14.6. The Labute approximate surface area is 165 Å². The molecule has 0 aromatic heterocycles. The molecule has 0 fully saturated rings. The van der Waals surface area contributed by atoms with Crippen molar-refractivity contribution in [2.75, 3.05) is 12.8 Å². The van der Waals surface area contributed by atoms with Crippen LogP contribution in [0.2, 0.25) is 5.02 Å². The molecule has 0 bridgehead atoms. The number of sulfonamides is 1. The van der Waals surface area contributed by atoms with Gasteiger partial charge in [-0.1, -0.05) is 17.7 Å². The van der Waals surface area contributed by atoms with Crippen molar-refractivity contribution in [2.45, 2.75) is 37.1 Å². The lowest BCUT2D eigenvalue weighted by Gasteiger charge is -2.27. The highest BCUT2D eigenvalue weighted by Gasteiger charge is 2.27. The minimum atomic E-state index is -3.71. The third-order valence-electron chi connectivity index (χ3n) is 4.52. The molecule has 142 valence electrons. The number of fused-ring (bicyclic) bond motifs is 1. The van der Waals surface area contributed by atoms with Crippen LogP contribution in [0.3, 0.4) is 0 Å². The summed E-state index contributed by atoms with van der Waals surface area (Å²) in [4.78, 5) is 0.167. The van der Waals surface area contributed by atoms with Crippen LogP contribution in [0, 0.1) is 6.92 Å². The maximum Gasteiger partial charge on any atom is 0.241 e. The van der Waals surface area contributed by atoms with E-state index in [-0.39, 0.29) is 28.4 Å². The molecule has 0 radical (unpaired) electrons. The molecule has 8 heteroatoms. The number of halogens is 2. The zero-order valence-corrected chi connectivity index (χ0v) is 17.0. The maximum atomic E-state index is 12.9. The first kappa shape index (κ1) is 20.8. The average molecular weight is 417 g/mol. The number of hydrogen-bond acceptors (Lipinski definition) is 4. The smallest absolute Gasteiger partial charge is 0.241 e. The van der Waals surface area contributed by atoms with Crippen molar-refractivity contribution in [3.8, 4) is 5.75 Å². The Morgan fingerprint density at radius 3 is 2.69 bits per heavy atom. The molecule has 0 aliphatic heterocycles. The number of nitrogens with two attached hydrogens (primary N) is 1. The van der Waals surface area contributed by atoms with E-state index < -0.39 is 10.0 Å². The molecular weight excluding hydrogens is 395 g/mol. The Morgan fingerprint density at radius 2 is 2.00 bits per heavy atom. The molecule has 2 aromatic carbocycles. The first-order valence-electron chi connectivity index (χ1n) is 8.06. The van der Waals surface area contributed by atoms with Gasteiger partial charge >= 0.3 is 0 Å². The molecule has 0 heterocycles. The van der Waals surface area contributed by atoms with Gasteiger partial charge in [-0.3, -0.25) is 0 Å². The van der Waals surface area contributed by atoms with Crippen molar-refractivity contribution in [1.29, 1.82) is 0 Å². The lowest BCUT2D eigenvalue weighted by molar-refractivity contribution is 0.414. The molecule has 2 aromatic rings. The monoisotopic (exact) mass is 416 g/mol. The Balaban J connectivity index is 0.00000243. The second-order valence-corrected chi connectivity index (χ2v) is 8.37. The topological polar surface area (TPSA) is 81.4 Å². The van der Waals surface area contributed by atoms with Crippen molar-refractivity contribution < 1.29 is 13.2 Å². The number of rotatable bonds is 4. The Bertz CT molecular complexity index is 917. The van der Waals surface area contributed by atoms with E-state index in [0.29, 0.717) is 17.0 Å². The van der Waals surface area contributed by atoms with Crippen LogP contribution in [-0.4, -0.2) is 15.5 Å². The molecule has 0 spiro atoms. The minimum Gasteiger partial charge on any atom is -0.495 e. The number of aryl methyl sites for hydroxylation is 2. The molecule has 3 rings (SSSR count). The summed E-state index contributed by atoms with van der Waals surface area (Å²) in [6.45, 7) is 1.73. The number of methoxy groups -OCH3 is 1. The summed E-state index contributed by atoms with van der Waals surface area (Å²) in [5.41, 5.74) is 9.21. The van der Waals surface area contributed by atoms with E-state index in [1.54, 1.807) is 19.1 Å². The average Bonchev–Trinajstić information content (AvgIpc) is 2.56. The van der Waals surface area contributed by atoms with E-state index in [9.17, 15) is 8.42 Å². The highest BCUT2D eigenvalue weighted by atomic mass is 35.5. The van der Waals surface area contributed by atoms with Gasteiger partial charge in [0.2, 0.25) is 10.0 Å². The molecule has 1 unspecified atom stereocenters. The van der Waals surface area contributed by atoms with Gasteiger partial charge < -0.3 is 10.5 Å². The van der Waals surface area contributed by atoms with Crippen LogP contribution in [0.4, 0.5) is 5.69 Å². The molecule has 3 N–H and O–H groups in total. The summed E-state index contributed by atoms with van der Waals surface area (Å²) in [7, 11) is -2.21. The number of ether oxygens (including phenoxy) is 1. The van der Waals surface area contributed by atoms with Crippen LogP contribution in [0.25, 0.3) is 0 Å². The molecular formula is C18H22Cl2N2O3S. The van der Waals surface area contributed by atoms with Crippen molar-refractivity contribution >= 4 is 39.7 Å². The summed E-state index contributed by atoms with van der Waals surface area (Å²) >= 11 is 6.12. The fourth-order valence-corrected chi connectivity index (χ4v) is 5.10. The lowest BCUT2D eigenvalue weighted by atomic mass is 9.88. The quantitative estimate of drug-likeness (QED) is 0.737. The summed E-state index contributed by atoms with van der Waals surface area (Å²) in [5.74, 6) is 0.455. The van der Waals surface area contributed by atoms with Crippen LogP contribution in [0.1, 0.15) is 35.6 Å². The molecule has 0 saturated carbocycles. The summed E-state index contributed by atoms with van der Waals surface area (Å²) in [5, 5.41) is 0.269. The van der Waals surface area contributed by atoms with E-state index in [2.05, 4.69) is 4.72 Å². The first-order chi connectivity index (χ1) is 11.8. The van der Waals surface area contributed by atoms with Crippen LogP contribution in [0.5, 0.6) is 5.75 Å². The van der Waals surface area contributed by atoms with Crippen LogP contribution >= 0.6 is 24.0 Å². The largest absolute Gasteiger partial charge is 0.495 e. The number of benzene rings is 2. The maximum absolute atomic E-state index is 12.9. The van der Waals surface area contributed by atoms with Gasteiger partial charge in [-0.15, -0.1) is 12.4 Å². The van der Waals surface area contributed by atoms with Gasteiger partial charge in [0.1, 0.15) is 5.75 Å². The number of anilines is 1.